The van der Waals surface area contributed by atoms with Crippen molar-refractivity contribution in [1.82, 2.24) is 25.5 Å². The number of carbonyl (C=O) groups is 1. The van der Waals surface area contributed by atoms with Crippen molar-refractivity contribution in [3.63, 3.8) is 0 Å². The number of ether oxygens (including phenoxy) is 1. The molecule has 0 bridgehead atoms. The quantitative estimate of drug-likeness (QED) is 0.215. The highest BCUT2D eigenvalue weighted by atomic mass is 35.5. The monoisotopic (exact) mass is 543 g/mol. The number of nitrogens with two attached hydrogens (primary N) is 1. The minimum atomic E-state index is -0.526. The number of rotatable bonds is 9. The predicted octanol–water partition coefficient (Wildman–Crippen LogP) is 4.19. The topological polar surface area (TPSA) is 119 Å². The Morgan fingerprint density at radius 2 is 1.79 bits per heavy atom. The van der Waals surface area contributed by atoms with E-state index in [1.54, 1.807) is 0 Å². The summed E-state index contributed by atoms with van der Waals surface area (Å²) in [5.74, 6) is 7.33. The second-order valence-corrected chi connectivity index (χ2v) is 9.70. The van der Waals surface area contributed by atoms with Crippen LogP contribution < -0.4 is 21.3 Å². The van der Waals surface area contributed by atoms with Crippen LogP contribution >= 0.6 is 11.6 Å². The van der Waals surface area contributed by atoms with Gasteiger partial charge < -0.3 is 10.1 Å². The van der Waals surface area contributed by atoms with E-state index in [4.69, 9.17) is 27.2 Å². The fourth-order valence-electron chi connectivity index (χ4n) is 4.62. The molecule has 0 saturated carbocycles. The third kappa shape index (κ3) is 5.85. The Labute approximate surface area is 232 Å². The number of nitrogens with zero attached hydrogens (tertiary/aromatic N) is 4. The maximum atomic E-state index is 12.6. The lowest BCUT2D eigenvalue weighted by atomic mass is 10.00. The molecule has 5 rings (SSSR count). The van der Waals surface area contributed by atoms with E-state index in [2.05, 4.69) is 20.9 Å². The molecule has 4 aromatic rings. The minimum absolute atomic E-state index is 0.0999. The van der Waals surface area contributed by atoms with Gasteiger partial charge in [0.15, 0.2) is 5.82 Å². The van der Waals surface area contributed by atoms with E-state index in [1.165, 1.54) is 0 Å². The van der Waals surface area contributed by atoms with Crippen LogP contribution in [0, 0.1) is 6.92 Å². The first-order chi connectivity index (χ1) is 19.0. The van der Waals surface area contributed by atoms with Crippen molar-refractivity contribution in [3.05, 3.63) is 106 Å². The second kappa shape index (κ2) is 11.8. The van der Waals surface area contributed by atoms with Crippen LogP contribution in [0.5, 0.6) is 5.75 Å². The number of hydrazine groups is 1. The van der Waals surface area contributed by atoms with E-state index in [9.17, 15) is 4.79 Å². The fourth-order valence-corrected chi connectivity index (χ4v) is 4.75. The van der Waals surface area contributed by atoms with Crippen LogP contribution in [0.2, 0.25) is 5.02 Å². The normalized spacial score (nSPS) is 14.2. The Balaban J connectivity index is 1.55. The van der Waals surface area contributed by atoms with Crippen molar-refractivity contribution in [2.75, 3.05) is 6.54 Å². The summed E-state index contributed by atoms with van der Waals surface area (Å²) in [7, 11) is 0. The van der Waals surface area contributed by atoms with Gasteiger partial charge in [0.05, 0.1) is 17.8 Å². The van der Waals surface area contributed by atoms with Crippen molar-refractivity contribution < 1.29 is 9.53 Å². The molecule has 0 unspecified atom stereocenters. The number of aryl methyl sites for hydroxylation is 1. The highest BCUT2D eigenvalue weighted by molar-refractivity contribution is 6.30. The van der Waals surface area contributed by atoms with Crippen LogP contribution in [0.1, 0.15) is 53.3 Å². The Bertz CT molecular complexity index is 1500. The molecular weight excluding hydrogens is 514 g/mol. The van der Waals surface area contributed by atoms with Crippen molar-refractivity contribution in [3.8, 4) is 11.4 Å². The number of fused-ring (bicyclic) bond motifs is 3. The number of carbonyl (C=O) groups excluding carboxylic acids is 1. The van der Waals surface area contributed by atoms with Crippen molar-refractivity contribution in [1.29, 1.82) is 0 Å². The first-order valence-electron chi connectivity index (χ1n) is 12.8. The summed E-state index contributed by atoms with van der Waals surface area (Å²) in [6.45, 7) is 5.33. The minimum Gasteiger partial charge on any atom is -0.489 e. The van der Waals surface area contributed by atoms with Gasteiger partial charge in [0, 0.05) is 29.2 Å². The van der Waals surface area contributed by atoms with E-state index in [-0.39, 0.29) is 12.3 Å². The Kier molecular flexibility index (Phi) is 8.02. The fraction of sp³-hybridized carbons (Fsp3) is 0.241. The molecule has 1 atom stereocenters. The molecule has 0 spiro atoms. The number of halogens is 1. The molecule has 0 saturated heterocycles. The van der Waals surface area contributed by atoms with Gasteiger partial charge in [-0.05, 0) is 55.3 Å². The van der Waals surface area contributed by atoms with Crippen LogP contribution in [0.15, 0.2) is 71.7 Å². The van der Waals surface area contributed by atoms with Crippen LogP contribution in [0.25, 0.3) is 5.69 Å². The molecule has 200 valence electrons. The van der Waals surface area contributed by atoms with E-state index in [0.717, 1.165) is 33.7 Å². The molecule has 1 aromatic heterocycles. The van der Waals surface area contributed by atoms with Gasteiger partial charge in [-0.1, -0.05) is 48.0 Å². The zero-order valence-corrected chi connectivity index (χ0v) is 22.6. The summed E-state index contributed by atoms with van der Waals surface area (Å²) in [5.41, 5.74) is 8.11. The highest BCUT2D eigenvalue weighted by Crippen LogP contribution is 2.34. The first kappa shape index (κ1) is 26.6. The lowest BCUT2D eigenvalue weighted by Crippen LogP contribution is -2.25. The molecule has 9 nitrogen and oxygen atoms in total. The summed E-state index contributed by atoms with van der Waals surface area (Å²) in [6, 6.07) is 21.0. The number of hydrogen-bond acceptors (Lipinski definition) is 7. The van der Waals surface area contributed by atoms with Crippen molar-refractivity contribution >= 4 is 23.2 Å². The van der Waals surface area contributed by atoms with E-state index < -0.39 is 6.04 Å². The van der Waals surface area contributed by atoms with Crippen molar-refractivity contribution in [2.45, 2.75) is 39.5 Å². The molecule has 1 aliphatic rings. The van der Waals surface area contributed by atoms with Gasteiger partial charge in [0.2, 0.25) is 5.91 Å². The molecule has 4 N–H and O–H groups in total. The van der Waals surface area contributed by atoms with Gasteiger partial charge in [-0.15, -0.1) is 10.2 Å². The molecular formula is C29H30ClN7O2. The number of amides is 1. The zero-order valence-electron chi connectivity index (χ0n) is 21.8. The Hall–Kier alpha value is -4.05. The summed E-state index contributed by atoms with van der Waals surface area (Å²) in [6.07, 6.45) is 0.149. The molecule has 10 heteroatoms. The van der Waals surface area contributed by atoms with E-state index >= 15 is 0 Å². The molecule has 2 heterocycles. The molecule has 39 heavy (non-hydrogen) atoms. The SMILES string of the molecule is CCNC(=O)C[C@@H]1N=C(c2ccc(Cl)cc2)c2cc(OCc3ccc(CNN)cc3)ccc2-n2c(C)nnc21. The molecule has 1 aliphatic heterocycles. The largest absolute Gasteiger partial charge is 0.489 e. The van der Waals surface area contributed by atoms with Crippen LogP contribution in [-0.2, 0) is 17.9 Å². The van der Waals surface area contributed by atoms with Gasteiger partial charge in [0.1, 0.15) is 24.2 Å². The molecule has 0 aliphatic carbocycles. The first-order valence-corrected chi connectivity index (χ1v) is 13.2. The summed E-state index contributed by atoms with van der Waals surface area (Å²) >= 11 is 6.20. The maximum Gasteiger partial charge on any atom is 0.222 e. The van der Waals surface area contributed by atoms with Gasteiger partial charge in [-0.2, -0.15) is 0 Å². The molecule has 3 aromatic carbocycles. The van der Waals surface area contributed by atoms with Gasteiger partial charge in [-0.25, -0.2) is 0 Å². The maximum absolute atomic E-state index is 12.6. The average Bonchev–Trinajstić information content (AvgIpc) is 3.26. The number of aliphatic imine (C=N–C) groups is 1. The van der Waals surface area contributed by atoms with E-state index in [1.807, 2.05) is 85.1 Å². The number of hydrogen-bond donors (Lipinski definition) is 3. The second-order valence-electron chi connectivity index (χ2n) is 9.26. The number of nitrogens with one attached hydrogen (secondary N) is 2. The average molecular weight is 544 g/mol. The van der Waals surface area contributed by atoms with E-state index in [0.29, 0.717) is 42.1 Å². The number of aromatic nitrogens is 3. The van der Waals surface area contributed by atoms with Gasteiger partial charge >= 0.3 is 0 Å². The third-order valence-corrected chi connectivity index (χ3v) is 6.75. The van der Waals surface area contributed by atoms with Gasteiger partial charge in [0.25, 0.3) is 0 Å². The lowest BCUT2D eigenvalue weighted by molar-refractivity contribution is -0.121. The highest BCUT2D eigenvalue weighted by Gasteiger charge is 2.30. The summed E-state index contributed by atoms with van der Waals surface area (Å²) in [4.78, 5) is 17.7. The third-order valence-electron chi connectivity index (χ3n) is 6.50. The molecule has 0 fully saturated rings. The Morgan fingerprint density at radius 3 is 2.51 bits per heavy atom. The lowest BCUT2D eigenvalue weighted by Gasteiger charge is -2.15. The predicted molar refractivity (Wildman–Crippen MR) is 151 cm³/mol. The summed E-state index contributed by atoms with van der Waals surface area (Å²) < 4.78 is 8.18. The van der Waals surface area contributed by atoms with Crippen LogP contribution in [0.4, 0.5) is 0 Å². The molecule has 1 amide bonds. The van der Waals surface area contributed by atoms with Gasteiger partial charge in [-0.3, -0.25) is 25.6 Å². The smallest absolute Gasteiger partial charge is 0.222 e. The molecule has 0 radical (unpaired) electrons. The van der Waals surface area contributed by atoms with Crippen LogP contribution in [0.3, 0.4) is 0 Å². The number of benzene rings is 3. The zero-order chi connectivity index (χ0) is 27.4. The standard InChI is InChI=1S/C29H30ClN7O2/c1-3-32-27(38)15-25-29-36-35-18(2)37(29)26-13-12-23(39-17-20-6-4-19(5-7-20)16-33-31)14-24(26)28(34-25)21-8-10-22(30)11-9-21/h4-14,25,33H,3,15-17,31H2,1-2H3,(H,32,38)/t25-/m0/s1. The van der Waals surface area contributed by atoms with Crippen molar-refractivity contribution in [2.24, 2.45) is 10.8 Å². The van der Waals surface area contributed by atoms with Crippen LogP contribution in [-0.4, -0.2) is 32.9 Å². The Morgan fingerprint density at radius 1 is 1.05 bits per heavy atom. The summed E-state index contributed by atoms with van der Waals surface area (Å²) in [5, 5.41) is 12.3.